The summed E-state index contributed by atoms with van der Waals surface area (Å²) in [6.45, 7) is 10.1. The summed E-state index contributed by atoms with van der Waals surface area (Å²) in [4.78, 5) is 76.3. The highest BCUT2D eigenvalue weighted by Crippen LogP contribution is 2.30. The summed E-state index contributed by atoms with van der Waals surface area (Å²) in [5.41, 5.74) is 4.32. The quantitative estimate of drug-likeness (QED) is 0.0317. The van der Waals surface area contributed by atoms with Crippen LogP contribution in [0.4, 0.5) is 61.2 Å². The van der Waals surface area contributed by atoms with Crippen LogP contribution in [0.1, 0.15) is 24.2 Å². The van der Waals surface area contributed by atoms with Crippen molar-refractivity contribution in [2.75, 3.05) is 98.5 Å². The molecule has 0 radical (unpaired) electrons. The summed E-state index contributed by atoms with van der Waals surface area (Å²) in [5.74, 6) is -2.25. The van der Waals surface area contributed by atoms with E-state index in [1.807, 2.05) is 14.0 Å². The smallest absolute Gasteiger partial charge is 0.478 e. The number of rotatable bonds is 16. The van der Waals surface area contributed by atoms with Crippen molar-refractivity contribution in [1.82, 2.24) is 49.3 Å². The molecule has 2 fully saturated rings. The maximum atomic E-state index is 12.4. The first-order valence-electron chi connectivity index (χ1n) is 26.5. The number of nitrogens with zero attached hydrogens (tertiary/aromatic N) is 15. The van der Waals surface area contributed by atoms with Crippen molar-refractivity contribution in [2.45, 2.75) is 65.3 Å². The van der Waals surface area contributed by atoms with E-state index in [2.05, 4.69) is 69.2 Å². The van der Waals surface area contributed by atoms with Gasteiger partial charge in [-0.15, -0.1) is 26.3 Å². The second-order valence-corrected chi connectivity index (χ2v) is 21.3. The number of hydrogen-bond donors (Lipinski definition) is 4. The maximum absolute atomic E-state index is 12.4. The Hall–Kier alpha value is -9.69. The Labute approximate surface area is 508 Å². The van der Waals surface area contributed by atoms with Gasteiger partial charge in [0.2, 0.25) is 11.9 Å². The number of aromatic nitrogens is 8. The molecule has 4 aliphatic rings. The van der Waals surface area contributed by atoms with E-state index in [9.17, 15) is 64.6 Å². The second-order valence-electron chi connectivity index (χ2n) is 19.8. The molecule has 2 saturated heterocycles. The molecule has 488 valence electrons. The Balaban J connectivity index is 0.000000237. The van der Waals surface area contributed by atoms with Crippen molar-refractivity contribution >= 4 is 57.0 Å². The zero-order valence-corrected chi connectivity index (χ0v) is 48.2. The van der Waals surface area contributed by atoms with Gasteiger partial charge in [-0.05, 0) is 72.3 Å². The Morgan fingerprint density at radius 2 is 1.11 bits per heavy atom. The zero-order valence-electron chi connectivity index (χ0n) is 47.3. The minimum atomic E-state index is -4.71. The number of anilines is 4. The lowest BCUT2D eigenvalue weighted by Crippen LogP contribution is -2.47. The predicted molar refractivity (Wildman–Crippen MR) is 307 cm³/mol. The monoisotopic (exact) mass is 1300 g/mol. The highest BCUT2D eigenvalue weighted by molar-refractivity contribution is 7.85. The molecule has 6 aromatic rings. The van der Waals surface area contributed by atoms with Gasteiger partial charge in [-0.1, -0.05) is 7.43 Å². The Bertz CT molecular complexity index is 3510. The van der Waals surface area contributed by atoms with Gasteiger partial charge in [-0.3, -0.25) is 18.6 Å². The molecule has 38 heteroatoms. The van der Waals surface area contributed by atoms with Crippen LogP contribution in [0.3, 0.4) is 0 Å². The molecule has 0 unspecified atom stereocenters. The highest BCUT2D eigenvalue weighted by atomic mass is 32.2. The number of aryl methyl sites for hydroxylation is 1. The van der Waals surface area contributed by atoms with Gasteiger partial charge in [0.05, 0.1) is 18.3 Å². The van der Waals surface area contributed by atoms with Gasteiger partial charge in [0, 0.05) is 147 Å². The van der Waals surface area contributed by atoms with Gasteiger partial charge in [0.1, 0.15) is 37.1 Å². The summed E-state index contributed by atoms with van der Waals surface area (Å²) in [5, 5.41) is 40.9. The zero-order chi connectivity index (χ0) is 64.8. The lowest BCUT2D eigenvalue weighted by atomic mass is 10.2. The molecule has 90 heavy (non-hydrogen) atoms. The summed E-state index contributed by atoms with van der Waals surface area (Å²) >= 11 is 0. The Morgan fingerprint density at radius 1 is 0.700 bits per heavy atom. The van der Waals surface area contributed by atoms with Crippen molar-refractivity contribution in [3.05, 3.63) is 129 Å². The molecule has 0 bridgehead atoms. The van der Waals surface area contributed by atoms with Crippen LogP contribution in [0.2, 0.25) is 0 Å². The average molecular weight is 1300 g/mol. The van der Waals surface area contributed by atoms with E-state index in [0.717, 1.165) is 28.2 Å². The highest BCUT2D eigenvalue weighted by Gasteiger charge is 2.34. The van der Waals surface area contributed by atoms with Crippen LogP contribution >= 0.6 is 0 Å². The van der Waals surface area contributed by atoms with Crippen LogP contribution in [0.15, 0.2) is 91.7 Å². The topological polar surface area (TPSA) is 368 Å². The number of alkyl halides is 6. The first kappa shape index (κ1) is 69.4. The van der Waals surface area contributed by atoms with Crippen LogP contribution < -0.4 is 43.9 Å². The molecule has 2 aromatic carbocycles. The van der Waals surface area contributed by atoms with Gasteiger partial charge >= 0.3 is 48.3 Å². The number of carbonyl (C=O) groups is 2. The standard InChI is InChI=1S/2C23H25F3N8O4.C4H4O4.CH4O3S.CH4/c1-30(18-13-33-14-20(34(35)36)29-22(33)37-15-18)12-16-10-27-21(28-11-16)32-8-6-31(7-9-32)17-2-4-19(5-3-17)38-23(24,25)26;1-15-16(10-27-17-12-33-13-20(34(35)36)30-22(33)37-14-17)11-28-21(29-15)32-8-6-31(7-9-32)18-2-4-19(5-3-18)38-23(24,25)26;5-3(6)1-2-4(7)8;1-5(2,3)4;/h2-5,10-11,14,18H,6-9,12-13,15H2,1H3;2-5,11,13,17,27H,6-10,12,14H2,1H3;1-2H,(H,5,6)(H,7,8);1H3,(H,2,3,4);1H4/b;;2-1+;;/t18-;17-;;;/m00.../s1. The molecule has 0 spiro atoms. The maximum Gasteiger partial charge on any atom is 0.573 e. The van der Waals surface area contributed by atoms with E-state index in [0.29, 0.717) is 122 Å². The number of nitrogens with one attached hydrogen (secondary N) is 1. The lowest BCUT2D eigenvalue weighted by Gasteiger charge is -2.36. The number of likely N-dealkylation sites (N-methyl/N-ethyl adjacent to an activating group) is 1. The SMILES string of the molecule is C.CN(Cc1cnc(N2CCN(c3ccc(OC(F)(F)F)cc3)CC2)nc1)[C@@H]1COc2nc([N+](=O)[O-])cn2C1.CS(=O)(=O)O.Cc1nc(N2CCN(c3ccc(OC(F)(F)F)cc3)CC2)ncc1CN[C@@H]1COc2nc([N+](=O)[O-])cn2C1.O=C(O)/C=C/C(=O)O. The average Bonchev–Trinajstić information content (AvgIpc) is 1.79. The number of aliphatic carboxylic acids is 2. The lowest BCUT2D eigenvalue weighted by molar-refractivity contribution is -0.389. The summed E-state index contributed by atoms with van der Waals surface area (Å²) in [6, 6.07) is 12.1. The Morgan fingerprint density at radius 3 is 1.53 bits per heavy atom. The molecular weight excluding hydrogens is 1230 g/mol. The number of benzene rings is 2. The van der Waals surface area contributed by atoms with Gasteiger partial charge in [0.15, 0.2) is 0 Å². The van der Waals surface area contributed by atoms with Gasteiger partial charge in [-0.2, -0.15) is 8.42 Å². The molecule has 8 heterocycles. The molecule has 2 atom stereocenters. The van der Waals surface area contributed by atoms with E-state index in [4.69, 9.17) is 24.2 Å². The van der Waals surface area contributed by atoms with E-state index < -0.39 is 44.6 Å². The van der Waals surface area contributed by atoms with E-state index in [1.54, 1.807) is 52.0 Å². The van der Waals surface area contributed by atoms with Gasteiger partial charge in [0.25, 0.3) is 10.1 Å². The van der Waals surface area contributed by atoms with Crippen molar-refractivity contribution in [3.63, 3.8) is 0 Å². The van der Waals surface area contributed by atoms with Crippen LogP contribution in [-0.2, 0) is 45.9 Å². The third-order valence-corrected chi connectivity index (χ3v) is 13.2. The third-order valence-electron chi connectivity index (χ3n) is 13.2. The summed E-state index contributed by atoms with van der Waals surface area (Å²) in [6.07, 6.45) is 0.498. The molecule has 31 nitrogen and oxygen atoms in total. The molecule has 4 aliphatic heterocycles. The van der Waals surface area contributed by atoms with Crippen LogP contribution in [0.5, 0.6) is 23.5 Å². The van der Waals surface area contributed by atoms with E-state index in [1.165, 1.54) is 36.7 Å². The summed E-state index contributed by atoms with van der Waals surface area (Å²) in [7, 11) is -1.72. The summed E-state index contributed by atoms with van der Waals surface area (Å²) < 4.78 is 122. The van der Waals surface area contributed by atoms with Crippen molar-refractivity contribution in [3.8, 4) is 23.5 Å². The second kappa shape index (κ2) is 30.5. The van der Waals surface area contributed by atoms with Gasteiger partial charge in [-0.25, -0.2) is 29.5 Å². The van der Waals surface area contributed by atoms with E-state index >= 15 is 0 Å². The Kier molecular flexibility index (Phi) is 23.5. The number of imidazole rings is 2. The normalized spacial score (nSPS) is 16.4. The van der Waals surface area contributed by atoms with E-state index in [-0.39, 0.29) is 54.7 Å². The number of ether oxygens (including phenoxy) is 4. The molecule has 4 aromatic heterocycles. The van der Waals surface area contributed by atoms with Crippen LogP contribution in [0, 0.1) is 27.2 Å². The molecular formula is C52H62F6N16O15S. The third kappa shape index (κ3) is 21.6. The molecule has 4 N–H and O–H groups in total. The number of halogens is 6. The number of piperazine rings is 2. The minimum Gasteiger partial charge on any atom is -0.478 e. The van der Waals surface area contributed by atoms with Crippen LogP contribution in [0.25, 0.3) is 0 Å². The fourth-order valence-electron chi connectivity index (χ4n) is 9.00. The van der Waals surface area contributed by atoms with Crippen LogP contribution in [-0.4, -0.2) is 193 Å². The molecule has 10 rings (SSSR count). The fraction of sp³-hybridized carbons (Fsp3) is 0.423. The van der Waals surface area contributed by atoms with Crippen molar-refractivity contribution in [1.29, 1.82) is 0 Å². The number of carboxylic acid groups (broad SMARTS) is 2. The molecule has 0 saturated carbocycles. The number of nitro groups is 2. The fourth-order valence-corrected chi connectivity index (χ4v) is 9.00. The van der Waals surface area contributed by atoms with Crippen molar-refractivity contribution in [2.24, 2.45) is 0 Å². The van der Waals surface area contributed by atoms with Crippen molar-refractivity contribution < 1.29 is 87.9 Å². The largest absolute Gasteiger partial charge is 0.573 e. The predicted octanol–water partition coefficient (Wildman–Crippen LogP) is 5.22. The first-order valence-corrected chi connectivity index (χ1v) is 28.3. The first-order chi connectivity index (χ1) is 41.9. The molecule has 0 amide bonds. The molecule has 0 aliphatic carbocycles. The number of fused-ring (bicyclic) bond motifs is 2. The van der Waals surface area contributed by atoms with Gasteiger partial charge < -0.3 is 74.3 Å². The number of hydrogen-bond acceptors (Lipinski definition) is 24. The minimum absolute atomic E-state index is 0. The number of carboxylic acids is 2.